The average Bonchev–Trinajstić information content (AvgIpc) is 2.72. The van der Waals surface area contributed by atoms with Crippen molar-refractivity contribution in [2.24, 2.45) is 5.92 Å². The third-order valence-electron chi connectivity index (χ3n) is 6.43. The number of nitrogens with zero attached hydrogens (tertiary/aromatic N) is 3. The van der Waals surface area contributed by atoms with Gasteiger partial charge in [0.1, 0.15) is 5.75 Å². The van der Waals surface area contributed by atoms with Gasteiger partial charge < -0.3 is 19.4 Å². The first-order valence-corrected chi connectivity index (χ1v) is 11.7. The third kappa shape index (κ3) is 6.63. The number of hydrogen-bond acceptors (Lipinski definition) is 3. The van der Waals surface area contributed by atoms with E-state index in [9.17, 15) is 4.79 Å². The molecule has 1 atom stereocenters. The Balaban J connectivity index is 1.86. The molecule has 170 valence electrons. The first-order chi connectivity index (χ1) is 14.3. The van der Waals surface area contributed by atoms with Gasteiger partial charge in [-0.05, 0) is 84.0 Å². The summed E-state index contributed by atoms with van der Waals surface area (Å²) in [5.41, 5.74) is 1.35. The highest BCUT2D eigenvalue weighted by Gasteiger charge is 2.30. The van der Waals surface area contributed by atoms with E-state index in [1.165, 1.54) is 5.56 Å². The van der Waals surface area contributed by atoms with E-state index in [1.807, 2.05) is 17.0 Å². The molecule has 0 N–H and O–H groups in total. The average molecular weight is 418 g/mol. The van der Waals surface area contributed by atoms with Crippen molar-refractivity contribution in [2.75, 3.05) is 33.3 Å². The van der Waals surface area contributed by atoms with Crippen LogP contribution in [0.2, 0.25) is 0 Å². The second-order valence-electron chi connectivity index (χ2n) is 9.30. The lowest BCUT2D eigenvalue weighted by molar-refractivity contribution is 0.0964. The molecule has 1 aliphatic heterocycles. The number of likely N-dealkylation sites (N-methyl/N-ethyl adjacent to an activating group) is 1. The van der Waals surface area contributed by atoms with Gasteiger partial charge in [-0.2, -0.15) is 0 Å². The van der Waals surface area contributed by atoms with Gasteiger partial charge in [0.25, 0.3) is 0 Å². The topological polar surface area (TPSA) is 36.0 Å². The second-order valence-corrected chi connectivity index (χ2v) is 9.30. The zero-order valence-electron chi connectivity index (χ0n) is 20.2. The molecule has 0 bridgehead atoms. The van der Waals surface area contributed by atoms with Crippen molar-refractivity contribution in [2.45, 2.75) is 78.9 Å². The molecule has 0 spiro atoms. The van der Waals surface area contributed by atoms with Crippen LogP contribution in [-0.2, 0) is 6.42 Å². The Morgan fingerprint density at radius 1 is 1.07 bits per heavy atom. The van der Waals surface area contributed by atoms with Crippen LogP contribution >= 0.6 is 0 Å². The maximum atomic E-state index is 13.0. The van der Waals surface area contributed by atoms with E-state index in [2.05, 4.69) is 63.5 Å². The standard InChI is InChI=1S/C25H43N3O2/c1-8-26(21(6)17-22-9-11-24(30-7)12-10-22)18-23-13-15-27(16-14-23)25(29)28(19(2)3)20(4)5/h9-12,19-21,23H,8,13-18H2,1-7H3. The number of amides is 2. The minimum atomic E-state index is 0.207. The van der Waals surface area contributed by atoms with E-state index in [0.717, 1.165) is 51.2 Å². The number of methoxy groups -OCH3 is 1. The van der Waals surface area contributed by atoms with Gasteiger partial charge in [-0.1, -0.05) is 19.1 Å². The Morgan fingerprint density at radius 2 is 1.63 bits per heavy atom. The number of hydrogen-bond donors (Lipinski definition) is 0. The summed E-state index contributed by atoms with van der Waals surface area (Å²) in [5, 5.41) is 0. The lowest BCUT2D eigenvalue weighted by Gasteiger charge is -2.40. The molecule has 1 aromatic rings. The number of rotatable bonds is 9. The monoisotopic (exact) mass is 417 g/mol. The highest BCUT2D eigenvalue weighted by atomic mass is 16.5. The molecule has 1 fully saturated rings. The second kappa shape index (κ2) is 11.6. The predicted octanol–water partition coefficient (Wildman–Crippen LogP) is 4.90. The van der Waals surface area contributed by atoms with Gasteiger partial charge >= 0.3 is 6.03 Å². The molecule has 30 heavy (non-hydrogen) atoms. The van der Waals surface area contributed by atoms with Crippen LogP contribution < -0.4 is 4.74 Å². The van der Waals surface area contributed by atoms with Crippen molar-refractivity contribution in [3.63, 3.8) is 0 Å². The van der Waals surface area contributed by atoms with Gasteiger partial charge in [0.15, 0.2) is 0 Å². The normalized spacial score (nSPS) is 16.4. The van der Waals surface area contributed by atoms with Crippen molar-refractivity contribution < 1.29 is 9.53 Å². The molecule has 5 heteroatoms. The highest BCUT2D eigenvalue weighted by Crippen LogP contribution is 2.23. The summed E-state index contributed by atoms with van der Waals surface area (Å²) in [6.07, 6.45) is 3.25. The Labute approximate surface area is 184 Å². The van der Waals surface area contributed by atoms with E-state index in [4.69, 9.17) is 4.74 Å². The van der Waals surface area contributed by atoms with Crippen LogP contribution in [0.15, 0.2) is 24.3 Å². The first-order valence-electron chi connectivity index (χ1n) is 11.7. The number of carbonyl (C=O) groups excluding carboxylic acids is 1. The summed E-state index contributed by atoms with van der Waals surface area (Å²) in [7, 11) is 1.71. The Kier molecular flexibility index (Phi) is 9.47. The lowest BCUT2D eigenvalue weighted by atomic mass is 9.95. The smallest absolute Gasteiger partial charge is 0.320 e. The van der Waals surface area contributed by atoms with Crippen molar-refractivity contribution in [1.82, 2.24) is 14.7 Å². The summed E-state index contributed by atoms with van der Waals surface area (Å²) >= 11 is 0. The Bertz CT molecular complexity index is 628. The zero-order chi connectivity index (χ0) is 22.3. The minimum absolute atomic E-state index is 0.207. The Morgan fingerprint density at radius 3 is 2.10 bits per heavy atom. The van der Waals surface area contributed by atoms with Crippen LogP contribution in [0.1, 0.15) is 59.9 Å². The maximum Gasteiger partial charge on any atom is 0.320 e. The molecule has 0 aromatic heterocycles. The van der Waals surface area contributed by atoms with Crippen molar-refractivity contribution >= 4 is 6.03 Å². The highest BCUT2D eigenvalue weighted by molar-refractivity contribution is 5.75. The number of likely N-dealkylation sites (tertiary alicyclic amines) is 1. The summed E-state index contributed by atoms with van der Waals surface area (Å²) in [4.78, 5) is 19.6. The maximum absolute atomic E-state index is 13.0. The summed E-state index contributed by atoms with van der Waals surface area (Å²) in [6.45, 7) is 16.9. The van der Waals surface area contributed by atoms with E-state index in [1.54, 1.807) is 7.11 Å². The fourth-order valence-electron chi connectivity index (χ4n) is 4.69. The predicted molar refractivity (Wildman–Crippen MR) is 125 cm³/mol. The lowest BCUT2D eigenvalue weighted by Crippen LogP contribution is -2.52. The van der Waals surface area contributed by atoms with E-state index >= 15 is 0 Å². The molecule has 5 nitrogen and oxygen atoms in total. The van der Waals surface area contributed by atoms with E-state index in [-0.39, 0.29) is 18.1 Å². The first kappa shape index (κ1) is 24.5. The SMILES string of the molecule is CCN(CC1CCN(C(=O)N(C(C)C)C(C)C)CC1)C(C)Cc1ccc(OC)cc1. The molecule has 2 rings (SSSR count). The molecule has 0 radical (unpaired) electrons. The fourth-order valence-corrected chi connectivity index (χ4v) is 4.69. The van der Waals surface area contributed by atoms with Crippen LogP contribution in [0.3, 0.4) is 0 Å². The number of carbonyl (C=O) groups is 1. The quantitative estimate of drug-likeness (QED) is 0.573. The van der Waals surface area contributed by atoms with Gasteiger partial charge in [-0.15, -0.1) is 0 Å². The van der Waals surface area contributed by atoms with Gasteiger partial charge in [-0.3, -0.25) is 0 Å². The van der Waals surface area contributed by atoms with Gasteiger partial charge in [0.2, 0.25) is 0 Å². The van der Waals surface area contributed by atoms with Crippen molar-refractivity contribution in [3.8, 4) is 5.75 Å². The summed E-state index contributed by atoms with van der Waals surface area (Å²) in [6, 6.07) is 9.62. The molecular formula is C25H43N3O2. The van der Waals surface area contributed by atoms with Gasteiger partial charge in [0, 0.05) is 37.8 Å². The van der Waals surface area contributed by atoms with E-state index < -0.39 is 0 Å². The number of urea groups is 1. The minimum Gasteiger partial charge on any atom is -0.497 e. The zero-order valence-corrected chi connectivity index (χ0v) is 20.2. The number of ether oxygens (including phenoxy) is 1. The fraction of sp³-hybridized carbons (Fsp3) is 0.720. The summed E-state index contributed by atoms with van der Waals surface area (Å²) in [5.74, 6) is 1.58. The van der Waals surface area contributed by atoms with Crippen LogP contribution in [0.25, 0.3) is 0 Å². The molecule has 0 saturated carbocycles. The molecule has 1 unspecified atom stereocenters. The number of piperidine rings is 1. The van der Waals surface area contributed by atoms with Crippen LogP contribution in [-0.4, -0.2) is 72.1 Å². The number of benzene rings is 1. The van der Waals surface area contributed by atoms with Crippen LogP contribution in [0.5, 0.6) is 5.75 Å². The largest absolute Gasteiger partial charge is 0.497 e. The summed E-state index contributed by atoms with van der Waals surface area (Å²) < 4.78 is 5.27. The Hall–Kier alpha value is -1.75. The van der Waals surface area contributed by atoms with Gasteiger partial charge in [-0.25, -0.2) is 4.79 Å². The molecule has 1 aliphatic rings. The molecule has 1 saturated heterocycles. The molecule has 2 amide bonds. The van der Waals surface area contributed by atoms with Crippen molar-refractivity contribution in [1.29, 1.82) is 0 Å². The van der Waals surface area contributed by atoms with Crippen LogP contribution in [0.4, 0.5) is 4.79 Å². The van der Waals surface area contributed by atoms with Crippen LogP contribution in [0, 0.1) is 5.92 Å². The molecule has 1 heterocycles. The van der Waals surface area contributed by atoms with Gasteiger partial charge in [0.05, 0.1) is 7.11 Å². The third-order valence-corrected chi connectivity index (χ3v) is 6.43. The molecule has 1 aromatic carbocycles. The van der Waals surface area contributed by atoms with E-state index in [0.29, 0.717) is 12.0 Å². The molecular weight excluding hydrogens is 374 g/mol. The van der Waals surface area contributed by atoms with Crippen molar-refractivity contribution in [3.05, 3.63) is 29.8 Å². The molecule has 0 aliphatic carbocycles.